The minimum Gasteiger partial charge on any atom is -0.376 e. The highest BCUT2D eigenvalue weighted by Crippen LogP contribution is 2.52. The third-order valence-corrected chi connectivity index (χ3v) is 7.84. The fourth-order valence-electron chi connectivity index (χ4n) is 5.80. The highest BCUT2D eigenvalue weighted by Gasteiger charge is 2.52. The predicted octanol–water partition coefficient (Wildman–Crippen LogP) is 7.59. The summed E-state index contributed by atoms with van der Waals surface area (Å²) in [6.45, 7) is 8.97. The maximum atomic E-state index is 14.3. The largest absolute Gasteiger partial charge is 0.376 e. The molecule has 1 amide bonds. The van der Waals surface area contributed by atoms with E-state index in [1.165, 1.54) is 0 Å². The van der Waals surface area contributed by atoms with Crippen LogP contribution in [0.5, 0.6) is 0 Å². The highest BCUT2D eigenvalue weighted by molar-refractivity contribution is 6.30. The second-order valence-electron chi connectivity index (χ2n) is 9.65. The number of hydrogen-bond acceptors (Lipinski definition) is 2. The predicted molar refractivity (Wildman–Crippen MR) is 136 cm³/mol. The van der Waals surface area contributed by atoms with Gasteiger partial charge in [-0.3, -0.25) is 4.79 Å². The molecule has 0 aliphatic carbocycles. The van der Waals surface area contributed by atoms with Crippen molar-refractivity contribution >= 4 is 29.1 Å². The van der Waals surface area contributed by atoms with E-state index in [0.717, 1.165) is 43.4 Å². The van der Waals surface area contributed by atoms with Gasteiger partial charge in [-0.2, -0.15) is 0 Å². The normalized spacial score (nSPS) is 28.7. The van der Waals surface area contributed by atoms with Gasteiger partial charge in [-0.25, -0.2) is 0 Å². The van der Waals surface area contributed by atoms with Crippen LogP contribution in [0.15, 0.2) is 61.2 Å². The lowest BCUT2D eigenvalue weighted by molar-refractivity contribution is -0.158. The van der Waals surface area contributed by atoms with Gasteiger partial charge in [0.15, 0.2) is 0 Å². The second-order valence-corrected chi connectivity index (χ2v) is 10.5. The lowest BCUT2D eigenvalue weighted by Crippen LogP contribution is -2.58. The first kappa shape index (κ1) is 24.3. The molecule has 1 unspecified atom stereocenters. The summed E-state index contributed by atoms with van der Waals surface area (Å²) in [5.74, 6) is 0.269. The van der Waals surface area contributed by atoms with Crippen molar-refractivity contribution in [1.82, 2.24) is 4.90 Å². The van der Waals surface area contributed by atoms with Crippen molar-refractivity contribution in [1.29, 1.82) is 0 Å². The van der Waals surface area contributed by atoms with Gasteiger partial charge in [-0.1, -0.05) is 67.4 Å². The van der Waals surface area contributed by atoms with E-state index in [-0.39, 0.29) is 30.0 Å². The molecule has 2 aromatic rings. The molecule has 3 nitrogen and oxygen atoms in total. The highest BCUT2D eigenvalue weighted by atomic mass is 35.5. The molecule has 2 heterocycles. The molecule has 2 fully saturated rings. The molecule has 2 aromatic carbocycles. The van der Waals surface area contributed by atoms with Gasteiger partial charge < -0.3 is 9.64 Å². The van der Waals surface area contributed by atoms with Crippen LogP contribution in [0.2, 0.25) is 10.0 Å². The van der Waals surface area contributed by atoms with E-state index < -0.39 is 5.41 Å². The summed E-state index contributed by atoms with van der Waals surface area (Å²) >= 11 is 12.7. The average molecular weight is 486 g/mol. The fourth-order valence-corrected chi connectivity index (χ4v) is 6.12. The number of rotatable bonds is 7. The van der Waals surface area contributed by atoms with Gasteiger partial charge in [0, 0.05) is 22.6 Å². The number of ether oxygens (including phenoxy) is 1. The smallest absolute Gasteiger partial charge is 0.229 e. The fraction of sp³-hybridized carbons (Fsp3) is 0.464. The van der Waals surface area contributed by atoms with Gasteiger partial charge in [-0.05, 0) is 67.5 Å². The third-order valence-electron chi connectivity index (χ3n) is 7.35. The number of benzene rings is 2. The van der Waals surface area contributed by atoms with Gasteiger partial charge in [-0.15, -0.1) is 6.58 Å². The molecule has 0 N–H and O–H groups in total. The van der Waals surface area contributed by atoms with Crippen molar-refractivity contribution in [3.05, 3.63) is 82.4 Å². The van der Waals surface area contributed by atoms with Crippen LogP contribution in [0.3, 0.4) is 0 Å². The molecular weight excluding hydrogens is 453 g/mol. The Hall–Kier alpha value is -1.81. The Morgan fingerprint density at radius 1 is 1.18 bits per heavy atom. The maximum Gasteiger partial charge on any atom is 0.229 e. The number of allylic oxidation sites excluding steroid dienone is 1. The van der Waals surface area contributed by atoms with Crippen molar-refractivity contribution < 1.29 is 9.53 Å². The molecule has 0 saturated carbocycles. The summed E-state index contributed by atoms with van der Waals surface area (Å²) in [4.78, 5) is 16.4. The summed E-state index contributed by atoms with van der Waals surface area (Å²) in [7, 11) is 0. The van der Waals surface area contributed by atoms with Crippen molar-refractivity contribution in [3.63, 3.8) is 0 Å². The van der Waals surface area contributed by atoms with Crippen LogP contribution in [-0.2, 0) is 9.53 Å². The van der Waals surface area contributed by atoms with Crippen molar-refractivity contribution in [3.8, 4) is 0 Å². The van der Waals surface area contributed by atoms with Crippen LogP contribution >= 0.6 is 23.2 Å². The quantitative estimate of drug-likeness (QED) is 0.378. The van der Waals surface area contributed by atoms with Crippen LogP contribution in [0, 0.1) is 5.41 Å². The molecule has 2 saturated heterocycles. The Bertz CT molecular complexity index is 986. The summed E-state index contributed by atoms with van der Waals surface area (Å²) < 4.78 is 6.14. The minimum atomic E-state index is -0.538. The molecule has 33 heavy (non-hydrogen) atoms. The number of amides is 1. The van der Waals surface area contributed by atoms with Gasteiger partial charge in [0.2, 0.25) is 5.91 Å². The number of hydrogen-bond donors (Lipinski definition) is 0. The number of piperidine rings is 1. The molecule has 5 heteroatoms. The Kier molecular flexibility index (Phi) is 7.53. The van der Waals surface area contributed by atoms with E-state index in [1.807, 2.05) is 36.4 Å². The molecule has 0 bridgehead atoms. The van der Waals surface area contributed by atoms with E-state index >= 15 is 0 Å². The second kappa shape index (κ2) is 10.2. The first-order valence-corrected chi connectivity index (χ1v) is 12.7. The van der Waals surface area contributed by atoms with Crippen LogP contribution in [0.25, 0.3) is 0 Å². The number of nitrogens with zero attached hydrogens (tertiary/aromatic N) is 1. The molecule has 2 aliphatic rings. The first-order valence-electron chi connectivity index (χ1n) is 11.9. The number of carbonyl (C=O) groups is 1. The van der Waals surface area contributed by atoms with E-state index in [1.54, 1.807) is 0 Å². The summed E-state index contributed by atoms with van der Waals surface area (Å²) in [5.41, 5.74) is 1.70. The zero-order chi connectivity index (χ0) is 23.6. The standard InChI is InChI=1S/C28H33Cl2NO2/c1-4-15-28(3)18-23(20-8-6-9-22(30)17-20)26(19-11-13-21(29)14-12-19)31(27(28)32)24(5-2)25-10-7-16-33-25/h4,6,8-9,11-14,17,23-26H,1,5,7,10,15-16,18H2,2-3H3/t23-,24?,25-,26-,28+/m1/s1. The van der Waals surface area contributed by atoms with Crippen molar-refractivity contribution in [2.75, 3.05) is 6.61 Å². The van der Waals surface area contributed by atoms with Crippen molar-refractivity contribution in [2.45, 2.75) is 70.1 Å². The van der Waals surface area contributed by atoms with Crippen LogP contribution in [-0.4, -0.2) is 29.6 Å². The van der Waals surface area contributed by atoms with E-state index in [0.29, 0.717) is 16.5 Å². The monoisotopic (exact) mass is 485 g/mol. The molecule has 0 aromatic heterocycles. The first-order chi connectivity index (χ1) is 15.9. The SMILES string of the molecule is C=CC[C@@]1(C)C[C@H](c2cccc(Cl)c2)[C@@H](c2ccc(Cl)cc2)N(C(CC)[C@H]2CCCO2)C1=O. The summed E-state index contributed by atoms with van der Waals surface area (Å²) in [6, 6.07) is 15.9. The Labute approximate surface area is 207 Å². The van der Waals surface area contributed by atoms with E-state index in [4.69, 9.17) is 27.9 Å². The van der Waals surface area contributed by atoms with Crippen LogP contribution in [0.4, 0.5) is 0 Å². The minimum absolute atomic E-state index is 0.00630. The van der Waals surface area contributed by atoms with Gasteiger partial charge in [0.05, 0.1) is 23.6 Å². The Morgan fingerprint density at radius 2 is 1.94 bits per heavy atom. The molecule has 176 valence electrons. The van der Waals surface area contributed by atoms with Crippen molar-refractivity contribution in [2.24, 2.45) is 5.41 Å². The van der Waals surface area contributed by atoms with Crippen LogP contribution < -0.4 is 0 Å². The molecule has 2 aliphatic heterocycles. The van der Waals surface area contributed by atoms with E-state index in [2.05, 4.69) is 43.5 Å². The zero-order valence-electron chi connectivity index (χ0n) is 19.5. The Morgan fingerprint density at radius 3 is 2.55 bits per heavy atom. The lowest BCUT2D eigenvalue weighted by atomic mass is 9.66. The average Bonchev–Trinajstić information content (AvgIpc) is 3.33. The number of halogens is 2. The molecule has 4 rings (SSSR count). The van der Waals surface area contributed by atoms with Crippen LogP contribution in [0.1, 0.15) is 69.0 Å². The zero-order valence-corrected chi connectivity index (χ0v) is 21.0. The molecule has 5 atom stereocenters. The maximum absolute atomic E-state index is 14.3. The topological polar surface area (TPSA) is 29.5 Å². The molecule has 0 radical (unpaired) electrons. The summed E-state index contributed by atoms with van der Waals surface area (Å²) in [6.07, 6.45) is 6.15. The van der Waals surface area contributed by atoms with Gasteiger partial charge in [0.1, 0.15) is 0 Å². The number of likely N-dealkylation sites (tertiary alicyclic amines) is 1. The Balaban J connectivity index is 1.89. The summed E-state index contributed by atoms with van der Waals surface area (Å²) in [5, 5.41) is 1.40. The lowest BCUT2D eigenvalue weighted by Gasteiger charge is -2.53. The molecular formula is C28H33Cl2NO2. The van der Waals surface area contributed by atoms with Gasteiger partial charge >= 0.3 is 0 Å². The van der Waals surface area contributed by atoms with E-state index in [9.17, 15) is 4.79 Å². The van der Waals surface area contributed by atoms with Gasteiger partial charge in [0.25, 0.3) is 0 Å². The third kappa shape index (κ3) is 4.87. The molecule has 0 spiro atoms. The number of carbonyl (C=O) groups excluding carboxylic acids is 1.